The molecule has 0 aromatic heterocycles. The molecular formula is C18H22BrN. The minimum Gasteiger partial charge on any atom is -0.310 e. The van der Waals surface area contributed by atoms with Crippen LogP contribution >= 0.6 is 15.9 Å². The van der Waals surface area contributed by atoms with Crippen LogP contribution in [0.1, 0.15) is 36.9 Å². The van der Waals surface area contributed by atoms with E-state index in [0.29, 0.717) is 6.04 Å². The zero-order valence-electron chi connectivity index (χ0n) is 12.0. The standard InChI is InChI=1S/C18H22BrN/c1-15(17-10-12-18(19)13-11-17)20-14-6-5-9-16-7-3-2-4-8-16/h2-4,7-8,10-13,15,20H,5-6,9,14H2,1H3/t15-/m1/s1. The summed E-state index contributed by atoms with van der Waals surface area (Å²) >= 11 is 3.47. The van der Waals surface area contributed by atoms with Gasteiger partial charge >= 0.3 is 0 Å². The summed E-state index contributed by atoms with van der Waals surface area (Å²) < 4.78 is 1.14. The molecule has 106 valence electrons. The fraction of sp³-hybridized carbons (Fsp3) is 0.333. The molecule has 0 fully saturated rings. The van der Waals surface area contributed by atoms with Gasteiger partial charge in [-0.25, -0.2) is 0 Å². The van der Waals surface area contributed by atoms with Crippen molar-refractivity contribution in [2.45, 2.75) is 32.2 Å². The van der Waals surface area contributed by atoms with Crippen LogP contribution in [0.25, 0.3) is 0 Å². The van der Waals surface area contributed by atoms with Crippen molar-refractivity contribution in [1.29, 1.82) is 0 Å². The van der Waals surface area contributed by atoms with E-state index in [2.05, 4.69) is 82.8 Å². The molecule has 2 rings (SSSR count). The molecule has 1 N–H and O–H groups in total. The highest BCUT2D eigenvalue weighted by molar-refractivity contribution is 9.10. The van der Waals surface area contributed by atoms with Crippen molar-refractivity contribution < 1.29 is 0 Å². The molecule has 0 aliphatic carbocycles. The highest BCUT2D eigenvalue weighted by atomic mass is 79.9. The van der Waals surface area contributed by atoms with Gasteiger partial charge in [-0.3, -0.25) is 0 Å². The van der Waals surface area contributed by atoms with Gasteiger partial charge in [0.05, 0.1) is 0 Å². The Kier molecular flexibility index (Phi) is 6.28. The van der Waals surface area contributed by atoms with E-state index in [1.165, 1.54) is 30.4 Å². The summed E-state index contributed by atoms with van der Waals surface area (Å²) in [7, 11) is 0. The van der Waals surface area contributed by atoms with E-state index in [1.54, 1.807) is 0 Å². The van der Waals surface area contributed by atoms with Crippen LogP contribution in [0.4, 0.5) is 0 Å². The first-order chi connectivity index (χ1) is 9.75. The quantitative estimate of drug-likeness (QED) is 0.694. The maximum atomic E-state index is 3.59. The average Bonchev–Trinajstić information content (AvgIpc) is 2.48. The minimum atomic E-state index is 0.417. The minimum absolute atomic E-state index is 0.417. The number of halogens is 1. The van der Waals surface area contributed by atoms with Crippen LogP contribution in [0, 0.1) is 0 Å². The molecule has 0 aliphatic rings. The third kappa shape index (κ3) is 5.10. The molecule has 0 radical (unpaired) electrons. The van der Waals surface area contributed by atoms with Gasteiger partial charge in [-0.1, -0.05) is 58.4 Å². The van der Waals surface area contributed by atoms with Crippen molar-refractivity contribution in [3.05, 3.63) is 70.2 Å². The molecule has 2 aromatic carbocycles. The molecule has 1 atom stereocenters. The molecule has 0 saturated heterocycles. The van der Waals surface area contributed by atoms with E-state index in [-0.39, 0.29) is 0 Å². The number of benzene rings is 2. The van der Waals surface area contributed by atoms with Gasteiger partial charge in [0, 0.05) is 10.5 Å². The Bertz CT molecular complexity index is 493. The smallest absolute Gasteiger partial charge is 0.0291 e. The van der Waals surface area contributed by atoms with E-state index in [1.807, 2.05) is 0 Å². The van der Waals surface area contributed by atoms with E-state index < -0.39 is 0 Å². The van der Waals surface area contributed by atoms with Gasteiger partial charge in [0.15, 0.2) is 0 Å². The molecular weight excluding hydrogens is 310 g/mol. The zero-order valence-corrected chi connectivity index (χ0v) is 13.6. The Morgan fingerprint density at radius 1 is 0.950 bits per heavy atom. The average molecular weight is 332 g/mol. The van der Waals surface area contributed by atoms with Crippen LogP contribution in [0.5, 0.6) is 0 Å². The van der Waals surface area contributed by atoms with Gasteiger partial charge in [-0.05, 0) is 56.0 Å². The monoisotopic (exact) mass is 331 g/mol. The fourth-order valence-electron chi connectivity index (χ4n) is 2.29. The largest absolute Gasteiger partial charge is 0.310 e. The van der Waals surface area contributed by atoms with Crippen molar-refractivity contribution in [3.63, 3.8) is 0 Å². The topological polar surface area (TPSA) is 12.0 Å². The van der Waals surface area contributed by atoms with Crippen molar-refractivity contribution in [2.75, 3.05) is 6.54 Å². The molecule has 0 spiro atoms. The van der Waals surface area contributed by atoms with Crippen LogP contribution < -0.4 is 5.32 Å². The number of aryl methyl sites for hydroxylation is 1. The Balaban J connectivity index is 1.64. The second-order valence-corrected chi connectivity index (χ2v) is 6.09. The number of nitrogens with one attached hydrogen (secondary N) is 1. The van der Waals surface area contributed by atoms with Gasteiger partial charge in [-0.2, -0.15) is 0 Å². The molecule has 0 heterocycles. The van der Waals surface area contributed by atoms with Crippen molar-refractivity contribution in [1.82, 2.24) is 5.32 Å². The van der Waals surface area contributed by atoms with E-state index in [4.69, 9.17) is 0 Å². The second kappa shape index (κ2) is 8.23. The SMILES string of the molecule is C[C@@H](NCCCCc1ccccc1)c1ccc(Br)cc1. The summed E-state index contributed by atoms with van der Waals surface area (Å²) in [4.78, 5) is 0. The van der Waals surface area contributed by atoms with E-state index in [9.17, 15) is 0 Å². The molecule has 0 amide bonds. The lowest BCUT2D eigenvalue weighted by Crippen LogP contribution is -2.19. The van der Waals surface area contributed by atoms with Crippen molar-refractivity contribution in [2.24, 2.45) is 0 Å². The normalized spacial score (nSPS) is 12.3. The van der Waals surface area contributed by atoms with E-state index in [0.717, 1.165) is 11.0 Å². The molecule has 0 bridgehead atoms. The van der Waals surface area contributed by atoms with Gasteiger partial charge in [0.25, 0.3) is 0 Å². The first-order valence-corrected chi connectivity index (χ1v) is 8.08. The number of hydrogen-bond donors (Lipinski definition) is 1. The Hall–Kier alpha value is -1.12. The molecule has 0 aliphatic heterocycles. The number of rotatable bonds is 7. The van der Waals surface area contributed by atoms with Crippen LogP contribution in [-0.2, 0) is 6.42 Å². The first kappa shape index (κ1) is 15.3. The Morgan fingerprint density at radius 2 is 1.65 bits per heavy atom. The number of hydrogen-bond acceptors (Lipinski definition) is 1. The lowest BCUT2D eigenvalue weighted by molar-refractivity contribution is 0.546. The summed E-state index contributed by atoms with van der Waals surface area (Å²) in [5, 5.41) is 3.59. The molecule has 2 aromatic rings. The highest BCUT2D eigenvalue weighted by Gasteiger charge is 2.03. The summed E-state index contributed by atoms with van der Waals surface area (Å²) in [5.41, 5.74) is 2.78. The van der Waals surface area contributed by atoms with Crippen molar-refractivity contribution >= 4 is 15.9 Å². The second-order valence-electron chi connectivity index (χ2n) is 5.17. The third-order valence-electron chi connectivity index (χ3n) is 3.56. The predicted molar refractivity (Wildman–Crippen MR) is 89.9 cm³/mol. The van der Waals surface area contributed by atoms with E-state index >= 15 is 0 Å². The van der Waals surface area contributed by atoms with Crippen LogP contribution in [0.3, 0.4) is 0 Å². The lowest BCUT2D eigenvalue weighted by Gasteiger charge is -2.14. The summed E-state index contributed by atoms with van der Waals surface area (Å²) in [6.45, 7) is 3.30. The van der Waals surface area contributed by atoms with Crippen LogP contribution in [-0.4, -0.2) is 6.54 Å². The van der Waals surface area contributed by atoms with Crippen molar-refractivity contribution in [3.8, 4) is 0 Å². The Labute approximate surface area is 130 Å². The maximum Gasteiger partial charge on any atom is 0.0291 e. The highest BCUT2D eigenvalue weighted by Crippen LogP contribution is 2.16. The predicted octanol–water partition coefficient (Wildman–Crippen LogP) is 5.12. The maximum absolute atomic E-state index is 3.59. The van der Waals surface area contributed by atoms with Gasteiger partial charge in [0.1, 0.15) is 0 Å². The summed E-state index contributed by atoms with van der Waals surface area (Å²) in [5.74, 6) is 0. The molecule has 2 heteroatoms. The lowest BCUT2D eigenvalue weighted by atomic mass is 10.1. The third-order valence-corrected chi connectivity index (χ3v) is 4.08. The molecule has 20 heavy (non-hydrogen) atoms. The number of unbranched alkanes of at least 4 members (excludes halogenated alkanes) is 1. The Morgan fingerprint density at radius 3 is 2.35 bits per heavy atom. The van der Waals surface area contributed by atoms with Gasteiger partial charge in [0.2, 0.25) is 0 Å². The molecule has 0 unspecified atom stereocenters. The zero-order chi connectivity index (χ0) is 14.2. The fourth-order valence-corrected chi connectivity index (χ4v) is 2.55. The molecule has 0 saturated carbocycles. The summed E-state index contributed by atoms with van der Waals surface area (Å²) in [6, 6.07) is 19.7. The van der Waals surface area contributed by atoms with Crippen LogP contribution in [0.2, 0.25) is 0 Å². The van der Waals surface area contributed by atoms with Gasteiger partial charge in [-0.15, -0.1) is 0 Å². The summed E-state index contributed by atoms with van der Waals surface area (Å²) in [6.07, 6.45) is 3.63. The van der Waals surface area contributed by atoms with Gasteiger partial charge < -0.3 is 5.32 Å². The van der Waals surface area contributed by atoms with Crippen LogP contribution in [0.15, 0.2) is 59.1 Å². The first-order valence-electron chi connectivity index (χ1n) is 7.28. The molecule has 1 nitrogen and oxygen atoms in total.